The van der Waals surface area contributed by atoms with Gasteiger partial charge in [0.1, 0.15) is 16.9 Å². The van der Waals surface area contributed by atoms with Crippen LogP contribution in [0.1, 0.15) is 11.1 Å². The highest BCUT2D eigenvalue weighted by atomic mass is 15.4. The molecule has 0 fully saturated rings. The van der Waals surface area contributed by atoms with E-state index in [2.05, 4.69) is 125 Å². The second-order valence-electron chi connectivity index (χ2n) is 7.56. The van der Waals surface area contributed by atoms with Crippen LogP contribution in [-0.4, -0.2) is 9.36 Å². The number of para-hydroxylation sites is 3. The average molecular weight is 397 g/mol. The van der Waals surface area contributed by atoms with Gasteiger partial charge in [-0.3, -0.25) is 0 Å². The van der Waals surface area contributed by atoms with E-state index in [0.717, 1.165) is 0 Å². The van der Waals surface area contributed by atoms with Gasteiger partial charge in [-0.25, -0.2) is 0 Å². The van der Waals surface area contributed by atoms with Gasteiger partial charge in [0.2, 0.25) is 6.20 Å². The number of aromatic nitrogens is 4. The molecule has 0 amide bonds. The zero-order chi connectivity index (χ0) is 21.1. The van der Waals surface area contributed by atoms with Crippen LogP contribution in [-0.2, 0) is 14.1 Å². The van der Waals surface area contributed by atoms with Crippen LogP contribution in [0.25, 0.3) is 22.3 Å². The molecule has 0 radical (unpaired) electrons. The molecule has 2 heterocycles. The maximum atomic E-state index is 2.24. The third-order valence-corrected chi connectivity index (χ3v) is 5.38. The second-order valence-corrected chi connectivity index (χ2v) is 7.56. The number of aryl methyl sites for hydroxylation is 4. The van der Waals surface area contributed by atoms with Crippen LogP contribution >= 0.6 is 0 Å². The Morgan fingerprint density at radius 1 is 0.633 bits per heavy atom. The highest BCUT2D eigenvalue weighted by molar-refractivity contribution is 5.79. The van der Waals surface area contributed by atoms with Crippen molar-refractivity contribution in [3.05, 3.63) is 109 Å². The minimum atomic E-state index is 1.23. The lowest BCUT2D eigenvalue weighted by atomic mass is 10.2. The van der Waals surface area contributed by atoms with Gasteiger partial charge in [0.15, 0.2) is 20.3 Å². The maximum absolute atomic E-state index is 2.24. The second kappa shape index (κ2) is 8.37. The summed E-state index contributed by atoms with van der Waals surface area (Å²) in [6, 6.07) is 27.3. The van der Waals surface area contributed by atoms with Gasteiger partial charge < -0.3 is 0 Å². The van der Waals surface area contributed by atoms with Gasteiger partial charge in [0.05, 0.1) is 11.6 Å². The minimum Gasteiger partial charge on any atom is -0.128 e. The number of hydrogen-bond acceptors (Lipinski definition) is 0. The van der Waals surface area contributed by atoms with E-state index in [1.54, 1.807) is 0 Å². The van der Waals surface area contributed by atoms with Crippen LogP contribution in [0.2, 0.25) is 0 Å². The highest BCUT2D eigenvalue weighted by Gasteiger charge is 2.14. The monoisotopic (exact) mass is 396 g/mol. The maximum Gasteiger partial charge on any atom is 0.203 e. The average Bonchev–Trinajstić information content (AvgIpc) is 3.31. The Bertz CT molecular complexity index is 1290. The smallest absolute Gasteiger partial charge is 0.128 e. The number of fused-ring (bicyclic) bond motifs is 1. The van der Waals surface area contributed by atoms with E-state index in [0.29, 0.717) is 0 Å². The van der Waals surface area contributed by atoms with E-state index in [9.17, 15) is 0 Å². The lowest BCUT2D eigenvalue weighted by Crippen LogP contribution is -2.37. The molecule has 0 bridgehead atoms. The summed E-state index contributed by atoms with van der Waals surface area (Å²) < 4.78 is 8.55. The summed E-state index contributed by atoms with van der Waals surface area (Å²) in [5.74, 6) is 0. The third kappa shape index (κ3) is 3.77. The molecule has 0 saturated heterocycles. The van der Waals surface area contributed by atoms with E-state index in [4.69, 9.17) is 0 Å². The fraction of sp³-hybridized carbons (Fsp3) is 0.154. The van der Waals surface area contributed by atoms with Gasteiger partial charge in [0.25, 0.3) is 0 Å². The standard InChI is InChI=1S/C15H15N2.C11H13N2/c1-12-7-3-5-9-14(12)17-15-10-6-4-8-13(15)11-16(17)2;1-10-6-3-4-7-11(10)13-9-5-8-12(13)2/h3-11H,1-2H3;3-9H,1-2H3/q2*+1. The van der Waals surface area contributed by atoms with Gasteiger partial charge in [-0.05, 0) is 49.2 Å². The largest absolute Gasteiger partial charge is 0.203 e. The quantitative estimate of drug-likeness (QED) is 0.394. The molecule has 0 aliphatic carbocycles. The molecular weight excluding hydrogens is 368 g/mol. The van der Waals surface area contributed by atoms with Crippen LogP contribution in [0.5, 0.6) is 0 Å². The van der Waals surface area contributed by atoms with Gasteiger partial charge in [-0.15, -0.1) is 18.7 Å². The third-order valence-electron chi connectivity index (χ3n) is 5.38. The van der Waals surface area contributed by atoms with Crippen molar-refractivity contribution in [3.63, 3.8) is 0 Å². The molecule has 5 rings (SSSR count). The predicted octanol–water partition coefficient (Wildman–Crippen LogP) is 4.37. The Balaban J connectivity index is 0.000000151. The van der Waals surface area contributed by atoms with Crippen LogP contribution in [0.15, 0.2) is 97.5 Å². The number of nitrogens with zero attached hydrogens (tertiary/aromatic N) is 4. The van der Waals surface area contributed by atoms with Crippen molar-refractivity contribution in [2.45, 2.75) is 13.8 Å². The first-order chi connectivity index (χ1) is 14.6. The van der Waals surface area contributed by atoms with E-state index >= 15 is 0 Å². The van der Waals surface area contributed by atoms with Crippen LogP contribution in [0.4, 0.5) is 0 Å². The minimum absolute atomic E-state index is 1.23. The SMILES string of the molecule is Cc1ccccc1-n1c2ccccc2c[n+]1C.Cc1ccccc1-n1ccc[n+]1C. The molecule has 150 valence electrons. The summed E-state index contributed by atoms with van der Waals surface area (Å²) in [4.78, 5) is 0. The Morgan fingerprint density at radius 2 is 1.23 bits per heavy atom. The normalized spacial score (nSPS) is 10.7. The Morgan fingerprint density at radius 3 is 1.87 bits per heavy atom. The summed E-state index contributed by atoms with van der Waals surface area (Å²) >= 11 is 0. The van der Waals surface area contributed by atoms with Crippen molar-refractivity contribution >= 4 is 10.9 Å². The van der Waals surface area contributed by atoms with Crippen molar-refractivity contribution in [2.24, 2.45) is 14.1 Å². The van der Waals surface area contributed by atoms with Crippen molar-refractivity contribution in [3.8, 4) is 11.4 Å². The first-order valence-corrected chi connectivity index (χ1v) is 10.2. The highest BCUT2D eigenvalue weighted by Crippen LogP contribution is 2.19. The molecule has 0 spiro atoms. The molecule has 3 aromatic carbocycles. The number of hydrogen-bond donors (Lipinski definition) is 0. The van der Waals surface area contributed by atoms with E-state index < -0.39 is 0 Å². The fourth-order valence-electron chi connectivity index (χ4n) is 3.81. The summed E-state index contributed by atoms with van der Waals surface area (Å²) in [7, 11) is 4.11. The van der Waals surface area contributed by atoms with E-state index in [-0.39, 0.29) is 0 Å². The van der Waals surface area contributed by atoms with Gasteiger partial charge in [-0.2, -0.15) is 0 Å². The summed E-state index contributed by atoms with van der Waals surface area (Å²) in [6.45, 7) is 4.26. The number of benzene rings is 3. The van der Waals surface area contributed by atoms with Gasteiger partial charge >= 0.3 is 0 Å². The fourth-order valence-corrected chi connectivity index (χ4v) is 3.81. The lowest BCUT2D eigenvalue weighted by molar-refractivity contribution is -0.744. The van der Waals surface area contributed by atoms with Crippen molar-refractivity contribution < 1.29 is 9.36 Å². The molecule has 30 heavy (non-hydrogen) atoms. The zero-order valence-corrected chi connectivity index (χ0v) is 18.0. The zero-order valence-electron chi connectivity index (χ0n) is 18.0. The van der Waals surface area contributed by atoms with Crippen molar-refractivity contribution in [2.75, 3.05) is 0 Å². The molecule has 0 aliphatic heterocycles. The van der Waals surface area contributed by atoms with Crippen LogP contribution in [0, 0.1) is 13.8 Å². The summed E-state index contributed by atoms with van der Waals surface area (Å²) in [5, 5.41) is 1.26. The molecular formula is C26H28N4+2. The molecule has 2 aromatic heterocycles. The summed E-state index contributed by atoms with van der Waals surface area (Å²) in [5.41, 5.74) is 6.27. The first kappa shape index (κ1) is 19.6. The summed E-state index contributed by atoms with van der Waals surface area (Å²) in [6.07, 6.45) is 6.25. The van der Waals surface area contributed by atoms with E-state index in [1.807, 2.05) is 19.3 Å². The Labute approximate surface area is 177 Å². The van der Waals surface area contributed by atoms with Crippen molar-refractivity contribution in [1.29, 1.82) is 0 Å². The molecule has 0 unspecified atom stereocenters. The molecule has 5 aromatic rings. The van der Waals surface area contributed by atoms with Crippen molar-refractivity contribution in [1.82, 2.24) is 9.36 Å². The van der Waals surface area contributed by atoms with Crippen LogP contribution in [0.3, 0.4) is 0 Å². The molecule has 0 saturated carbocycles. The molecule has 4 heteroatoms. The number of rotatable bonds is 2. The van der Waals surface area contributed by atoms with Gasteiger partial charge in [0, 0.05) is 6.07 Å². The van der Waals surface area contributed by atoms with Crippen LogP contribution < -0.4 is 9.36 Å². The first-order valence-electron chi connectivity index (χ1n) is 10.2. The Kier molecular flexibility index (Phi) is 5.48. The van der Waals surface area contributed by atoms with E-state index in [1.165, 1.54) is 33.4 Å². The topological polar surface area (TPSA) is 17.6 Å². The molecule has 4 nitrogen and oxygen atoms in total. The molecule has 0 aliphatic rings. The van der Waals surface area contributed by atoms with Gasteiger partial charge in [-0.1, -0.05) is 48.5 Å². The lowest BCUT2D eigenvalue weighted by Gasteiger charge is -2.05. The Hall–Kier alpha value is -3.66. The predicted molar refractivity (Wildman–Crippen MR) is 121 cm³/mol. The molecule has 0 atom stereocenters. The molecule has 0 N–H and O–H groups in total.